The lowest BCUT2D eigenvalue weighted by Crippen LogP contribution is -2.28. The molecule has 0 aromatic rings. The van der Waals surface area contributed by atoms with Crippen LogP contribution in [0, 0.1) is 0 Å². The Morgan fingerprint density at radius 2 is 0.766 bits per heavy atom. The van der Waals surface area contributed by atoms with Gasteiger partial charge in [0.2, 0.25) is 5.91 Å². The number of nitrogens with one attached hydrogen (secondary N) is 1. The molecule has 1 amide bonds. The van der Waals surface area contributed by atoms with E-state index in [2.05, 4.69) is 43.5 Å². The summed E-state index contributed by atoms with van der Waals surface area (Å²) >= 11 is 0. The SMILES string of the molecule is CCCCCCCC/C=C\CCCCCCCC(=O)NCCN.CCCCCCCC/C=C\CCCCCCCCCCCC(=O)O. The van der Waals surface area contributed by atoms with Gasteiger partial charge in [0, 0.05) is 25.9 Å². The number of allylic oxidation sites excluding steroid dienone is 4. The molecule has 5 heteroatoms. The van der Waals surface area contributed by atoms with Crippen molar-refractivity contribution in [1.82, 2.24) is 5.32 Å². The van der Waals surface area contributed by atoms with Crippen LogP contribution >= 0.6 is 0 Å². The van der Waals surface area contributed by atoms with E-state index in [0.717, 1.165) is 25.7 Å². The van der Waals surface area contributed by atoms with Gasteiger partial charge in [-0.25, -0.2) is 0 Å². The summed E-state index contributed by atoms with van der Waals surface area (Å²) in [7, 11) is 0. The molecule has 0 rings (SSSR count). The van der Waals surface area contributed by atoms with Crippen LogP contribution in [0.1, 0.15) is 219 Å². The van der Waals surface area contributed by atoms with Gasteiger partial charge in [0.1, 0.15) is 0 Å². The number of carbonyl (C=O) groups is 2. The molecule has 4 N–H and O–H groups in total. The van der Waals surface area contributed by atoms with Gasteiger partial charge < -0.3 is 16.2 Å². The van der Waals surface area contributed by atoms with E-state index >= 15 is 0 Å². The highest BCUT2D eigenvalue weighted by molar-refractivity contribution is 5.75. The first-order valence-corrected chi connectivity index (χ1v) is 20.6. The molecule has 5 nitrogen and oxygen atoms in total. The van der Waals surface area contributed by atoms with Crippen molar-refractivity contribution in [3.8, 4) is 0 Å². The minimum absolute atomic E-state index is 0.146. The van der Waals surface area contributed by atoms with Crippen molar-refractivity contribution in [3.05, 3.63) is 24.3 Å². The molecule has 0 bridgehead atoms. The maximum absolute atomic E-state index is 11.4. The van der Waals surface area contributed by atoms with E-state index in [-0.39, 0.29) is 5.91 Å². The fraction of sp³-hybridized carbons (Fsp3) is 0.857. The lowest BCUT2D eigenvalue weighted by molar-refractivity contribution is -0.137. The van der Waals surface area contributed by atoms with Crippen LogP contribution in [-0.2, 0) is 9.59 Å². The molecule has 0 saturated carbocycles. The van der Waals surface area contributed by atoms with Gasteiger partial charge in [-0.15, -0.1) is 0 Å². The molecule has 0 aliphatic heterocycles. The van der Waals surface area contributed by atoms with E-state index in [9.17, 15) is 9.59 Å². The molecule has 0 radical (unpaired) electrons. The monoisotopic (exact) mass is 663 g/mol. The summed E-state index contributed by atoms with van der Waals surface area (Å²) in [5.74, 6) is -0.510. The highest BCUT2D eigenvalue weighted by Gasteiger charge is 1.99. The van der Waals surface area contributed by atoms with Crippen molar-refractivity contribution >= 4 is 11.9 Å². The fourth-order valence-corrected chi connectivity index (χ4v) is 5.71. The quantitative estimate of drug-likeness (QED) is 0.0460. The van der Waals surface area contributed by atoms with Crippen molar-refractivity contribution in [2.45, 2.75) is 219 Å². The minimum atomic E-state index is -0.656. The number of amides is 1. The molecular formula is C42H82N2O3. The van der Waals surface area contributed by atoms with Crippen molar-refractivity contribution in [3.63, 3.8) is 0 Å². The first kappa shape index (κ1) is 47.5. The lowest BCUT2D eigenvalue weighted by atomic mass is 10.1. The Kier molecular flexibility index (Phi) is 44.8. The van der Waals surface area contributed by atoms with Crippen LogP contribution in [0.5, 0.6) is 0 Å². The Morgan fingerprint density at radius 1 is 0.468 bits per heavy atom. The van der Waals surface area contributed by atoms with Crippen molar-refractivity contribution in [2.75, 3.05) is 13.1 Å². The van der Waals surface area contributed by atoms with Crippen LogP contribution < -0.4 is 11.1 Å². The first-order chi connectivity index (χ1) is 23.1. The van der Waals surface area contributed by atoms with Crippen LogP contribution in [0.25, 0.3) is 0 Å². The Hall–Kier alpha value is -1.62. The number of carbonyl (C=O) groups excluding carboxylic acids is 1. The summed E-state index contributed by atoms with van der Waals surface area (Å²) in [6.45, 7) is 5.67. The fourth-order valence-electron chi connectivity index (χ4n) is 5.71. The van der Waals surface area contributed by atoms with Gasteiger partial charge in [-0.3, -0.25) is 9.59 Å². The molecular weight excluding hydrogens is 580 g/mol. The summed E-state index contributed by atoms with van der Waals surface area (Å²) < 4.78 is 0. The Morgan fingerprint density at radius 3 is 1.09 bits per heavy atom. The number of hydrogen-bond donors (Lipinski definition) is 3. The minimum Gasteiger partial charge on any atom is -0.481 e. The molecule has 0 spiro atoms. The van der Waals surface area contributed by atoms with Crippen LogP contribution in [-0.4, -0.2) is 30.1 Å². The van der Waals surface area contributed by atoms with Crippen molar-refractivity contribution in [1.29, 1.82) is 0 Å². The largest absolute Gasteiger partial charge is 0.481 e. The predicted octanol–water partition coefficient (Wildman–Crippen LogP) is 12.8. The summed E-state index contributed by atoms with van der Waals surface area (Å²) in [6, 6.07) is 0. The standard InChI is InChI=1S/C22H42O2.C20H40N2O/c1-2-3-4-5-6-7-8-9-10-11-12-13-14-15-16-17-18-19-20-21-22(23)24;1-2-3-4-5-6-7-8-9-10-11-12-13-14-15-16-17-20(23)22-19-18-21/h9-10H,2-8,11-21H2,1H3,(H,23,24);9-10H,2-8,11-19,21H2,1H3,(H,22,23)/b2*10-9-. The van der Waals surface area contributed by atoms with Gasteiger partial charge in [-0.05, 0) is 64.2 Å². The molecule has 0 fully saturated rings. The average molecular weight is 663 g/mol. The second-order valence-corrected chi connectivity index (χ2v) is 13.6. The average Bonchev–Trinajstić information content (AvgIpc) is 3.06. The van der Waals surface area contributed by atoms with E-state index in [4.69, 9.17) is 10.8 Å². The third kappa shape index (κ3) is 48.9. The first-order valence-electron chi connectivity index (χ1n) is 20.6. The molecule has 0 heterocycles. The van der Waals surface area contributed by atoms with Crippen molar-refractivity contribution in [2.24, 2.45) is 5.73 Å². The number of unbranched alkanes of at least 4 members (excludes halogenated alkanes) is 26. The number of nitrogens with two attached hydrogens (primary N) is 1. The second-order valence-electron chi connectivity index (χ2n) is 13.6. The zero-order valence-corrected chi connectivity index (χ0v) is 31.7. The Labute approximate surface area is 293 Å². The van der Waals surface area contributed by atoms with Crippen molar-refractivity contribution < 1.29 is 14.7 Å². The number of carboxylic acids is 1. The molecule has 0 unspecified atom stereocenters. The van der Waals surface area contributed by atoms with Crippen LogP contribution in [0.15, 0.2) is 24.3 Å². The smallest absolute Gasteiger partial charge is 0.303 e. The molecule has 0 saturated heterocycles. The van der Waals surface area contributed by atoms with E-state index < -0.39 is 5.97 Å². The van der Waals surface area contributed by atoms with Crippen LogP contribution in [0.2, 0.25) is 0 Å². The summed E-state index contributed by atoms with van der Waals surface area (Å²) in [5.41, 5.74) is 5.34. The van der Waals surface area contributed by atoms with E-state index in [1.807, 2.05) is 0 Å². The third-order valence-corrected chi connectivity index (χ3v) is 8.78. The molecule has 0 aliphatic carbocycles. The number of rotatable bonds is 36. The van der Waals surface area contributed by atoms with Gasteiger partial charge in [0.25, 0.3) is 0 Å². The van der Waals surface area contributed by atoms with Gasteiger partial charge in [-0.1, -0.05) is 167 Å². The second kappa shape index (κ2) is 44.4. The van der Waals surface area contributed by atoms with Crippen LogP contribution in [0.3, 0.4) is 0 Å². The topological polar surface area (TPSA) is 92.4 Å². The van der Waals surface area contributed by atoms with Gasteiger partial charge in [-0.2, -0.15) is 0 Å². The number of carboxylic acid groups (broad SMARTS) is 1. The highest BCUT2D eigenvalue weighted by atomic mass is 16.4. The molecule has 0 atom stereocenters. The molecule has 0 aliphatic rings. The molecule has 47 heavy (non-hydrogen) atoms. The van der Waals surface area contributed by atoms with Crippen LogP contribution in [0.4, 0.5) is 0 Å². The van der Waals surface area contributed by atoms with Gasteiger partial charge in [0.15, 0.2) is 0 Å². The lowest BCUT2D eigenvalue weighted by Gasteiger charge is -2.03. The predicted molar refractivity (Wildman–Crippen MR) is 207 cm³/mol. The molecule has 278 valence electrons. The molecule has 0 aromatic carbocycles. The highest BCUT2D eigenvalue weighted by Crippen LogP contribution is 2.13. The summed E-state index contributed by atoms with van der Waals surface area (Å²) in [6.07, 6.45) is 49.2. The summed E-state index contributed by atoms with van der Waals surface area (Å²) in [5, 5.41) is 11.4. The van der Waals surface area contributed by atoms with Gasteiger partial charge in [0.05, 0.1) is 0 Å². The summed E-state index contributed by atoms with van der Waals surface area (Å²) in [4.78, 5) is 21.7. The maximum Gasteiger partial charge on any atom is 0.303 e. The number of aliphatic carboxylic acids is 1. The third-order valence-electron chi connectivity index (χ3n) is 8.78. The zero-order valence-electron chi connectivity index (χ0n) is 31.7. The number of hydrogen-bond acceptors (Lipinski definition) is 3. The zero-order chi connectivity index (χ0) is 34.7. The Bertz CT molecular complexity index is 677. The van der Waals surface area contributed by atoms with E-state index in [1.54, 1.807) is 0 Å². The van der Waals surface area contributed by atoms with E-state index in [0.29, 0.717) is 25.9 Å². The maximum atomic E-state index is 11.4. The van der Waals surface area contributed by atoms with Gasteiger partial charge >= 0.3 is 5.97 Å². The van der Waals surface area contributed by atoms with E-state index in [1.165, 1.54) is 167 Å². The normalized spacial score (nSPS) is 11.3. The Balaban J connectivity index is 0. The molecule has 0 aromatic heterocycles.